The van der Waals surface area contributed by atoms with Crippen LogP contribution in [0.15, 0.2) is 18.2 Å². The van der Waals surface area contributed by atoms with E-state index in [1.807, 2.05) is 4.72 Å². The number of halogens is 4. The molecule has 0 spiro atoms. The zero-order chi connectivity index (χ0) is 17.8. The highest BCUT2D eigenvalue weighted by atomic mass is 35.5. The van der Waals surface area contributed by atoms with Crippen molar-refractivity contribution in [3.63, 3.8) is 0 Å². The summed E-state index contributed by atoms with van der Waals surface area (Å²) in [6.45, 7) is 2.55. The van der Waals surface area contributed by atoms with E-state index in [0.29, 0.717) is 6.07 Å². The third-order valence-electron chi connectivity index (χ3n) is 2.37. The second-order valence-electron chi connectivity index (χ2n) is 4.84. The SMILES string of the molecule is CC(C)NS(=O)(=O)NCC(=O)Nc1ccc(Cl)c(C(F)(F)F)c1. The molecule has 6 nitrogen and oxygen atoms in total. The molecule has 1 aromatic carbocycles. The van der Waals surface area contributed by atoms with E-state index in [-0.39, 0.29) is 11.7 Å². The molecule has 0 aromatic heterocycles. The number of hydrogen-bond acceptors (Lipinski definition) is 3. The number of benzene rings is 1. The highest BCUT2D eigenvalue weighted by Crippen LogP contribution is 2.36. The van der Waals surface area contributed by atoms with Crippen LogP contribution in [0.5, 0.6) is 0 Å². The van der Waals surface area contributed by atoms with Crippen molar-refractivity contribution in [2.45, 2.75) is 26.1 Å². The lowest BCUT2D eigenvalue weighted by atomic mass is 10.2. The molecule has 130 valence electrons. The molecular weight excluding hydrogens is 359 g/mol. The van der Waals surface area contributed by atoms with E-state index < -0.39 is 39.4 Å². The lowest BCUT2D eigenvalue weighted by Gasteiger charge is -2.13. The molecule has 0 saturated heterocycles. The van der Waals surface area contributed by atoms with Gasteiger partial charge in [0.05, 0.1) is 17.1 Å². The maximum absolute atomic E-state index is 12.7. The van der Waals surface area contributed by atoms with Crippen LogP contribution < -0.4 is 14.8 Å². The molecule has 0 aliphatic rings. The van der Waals surface area contributed by atoms with Crippen LogP contribution in [0.3, 0.4) is 0 Å². The molecule has 0 unspecified atom stereocenters. The largest absolute Gasteiger partial charge is 0.417 e. The van der Waals surface area contributed by atoms with Gasteiger partial charge in [0.25, 0.3) is 10.2 Å². The number of amides is 1. The standard InChI is InChI=1S/C12H15ClF3N3O3S/c1-7(2)19-23(21,22)17-6-11(20)18-8-3-4-10(13)9(5-8)12(14,15)16/h3-5,7,17,19H,6H2,1-2H3,(H,18,20). The molecule has 0 fully saturated rings. The van der Waals surface area contributed by atoms with E-state index in [4.69, 9.17) is 11.6 Å². The van der Waals surface area contributed by atoms with Crippen molar-refractivity contribution in [3.05, 3.63) is 28.8 Å². The molecular formula is C12H15ClF3N3O3S. The van der Waals surface area contributed by atoms with Crippen molar-refractivity contribution < 1.29 is 26.4 Å². The summed E-state index contributed by atoms with van der Waals surface area (Å²) in [6, 6.07) is 2.46. The predicted molar refractivity (Wildman–Crippen MR) is 80.3 cm³/mol. The number of carbonyl (C=O) groups excluding carboxylic acids is 1. The molecule has 1 rings (SSSR count). The first-order valence-electron chi connectivity index (χ1n) is 6.34. The zero-order valence-corrected chi connectivity index (χ0v) is 13.7. The van der Waals surface area contributed by atoms with Gasteiger partial charge in [0.1, 0.15) is 0 Å². The van der Waals surface area contributed by atoms with E-state index in [1.54, 1.807) is 13.8 Å². The summed E-state index contributed by atoms with van der Waals surface area (Å²) >= 11 is 5.45. The average molecular weight is 374 g/mol. The van der Waals surface area contributed by atoms with Crippen molar-refractivity contribution in [3.8, 4) is 0 Å². The first-order chi connectivity index (χ1) is 10.4. The molecule has 11 heteroatoms. The maximum Gasteiger partial charge on any atom is 0.417 e. The number of rotatable bonds is 6. The zero-order valence-electron chi connectivity index (χ0n) is 12.2. The quantitative estimate of drug-likeness (QED) is 0.714. The summed E-state index contributed by atoms with van der Waals surface area (Å²) in [5, 5.41) is 1.65. The normalized spacial score (nSPS) is 12.5. The first kappa shape index (κ1) is 19.7. The highest BCUT2D eigenvalue weighted by Gasteiger charge is 2.33. The Balaban J connectivity index is 2.72. The van der Waals surface area contributed by atoms with Gasteiger partial charge >= 0.3 is 6.18 Å². The molecule has 0 atom stereocenters. The summed E-state index contributed by atoms with van der Waals surface area (Å²) in [5.41, 5.74) is -1.25. The molecule has 0 aliphatic carbocycles. The Labute approximate surface area is 136 Å². The Bertz CT molecular complexity index is 678. The third-order valence-corrected chi connectivity index (χ3v) is 4.00. The van der Waals surface area contributed by atoms with Gasteiger partial charge in [0.2, 0.25) is 5.91 Å². The molecule has 0 heterocycles. The smallest absolute Gasteiger partial charge is 0.325 e. The van der Waals surface area contributed by atoms with Crippen molar-refractivity contribution in [1.82, 2.24) is 9.44 Å². The summed E-state index contributed by atoms with van der Waals surface area (Å²) < 4.78 is 65.2. The maximum atomic E-state index is 12.7. The lowest BCUT2D eigenvalue weighted by molar-refractivity contribution is -0.137. The monoisotopic (exact) mass is 373 g/mol. The van der Waals surface area contributed by atoms with Crippen LogP contribution in [-0.4, -0.2) is 26.9 Å². The Morgan fingerprint density at radius 2 is 1.91 bits per heavy atom. The van der Waals surface area contributed by atoms with E-state index in [0.717, 1.165) is 6.07 Å². The predicted octanol–water partition coefficient (Wildman–Crippen LogP) is 2.13. The van der Waals surface area contributed by atoms with Crippen molar-refractivity contribution in [2.75, 3.05) is 11.9 Å². The van der Waals surface area contributed by atoms with Crippen LogP contribution in [0, 0.1) is 0 Å². The second-order valence-corrected chi connectivity index (χ2v) is 6.78. The molecule has 1 amide bonds. The van der Waals surface area contributed by atoms with E-state index in [2.05, 4.69) is 10.0 Å². The molecule has 0 aliphatic heterocycles. The first-order valence-corrected chi connectivity index (χ1v) is 8.20. The van der Waals surface area contributed by atoms with Crippen LogP contribution in [0.4, 0.5) is 18.9 Å². The summed E-state index contributed by atoms with van der Waals surface area (Å²) in [6.07, 6.45) is -4.67. The van der Waals surface area contributed by atoms with Crippen LogP contribution >= 0.6 is 11.6 Å². The third kappa shape index (κ3) is 6.73. The van der Waals surface area contributed by atoms with E-state index in [9.17, 15) is 26.4 Å². The fraction of sp³-hybridized carbons (Fsp3) is 0.417. The van der Waals surface area contributed by atoms with Crippen molar-refractivity contribution in [2.24, 2.45) is 0 Å². The average Bonchev–Trinajstić information content (AvgIpc) is 2.36. The van der Waals surface area contributed by atoms with Crippen LogP contribution in [0.1, 0.15) is 19.4 Å². The summed E-state index contributed by atoms with van der Waals surface area (Å²) in [4.78, 5) is 11.6. The Morgan fingerprint density at radius 3 is 2.43 bits per heavy atom. The minimum Gasteiger partial charge on any atom is -0.325 e. The van der Waals surface area contributed by atoms with Gasteiger partial charge in [-0.3, -0.25) is 4.79 Å². The lowest BCUT2D eigenvalue weighted by Crippen LogP contribution is -2.43. The van der Waals surface area contributed by atoms with Crippen LogP contribution in [0.25, 0.3) is 0 Å². The molecule has 0 saturated carbocycles. The van der Waals surface area contributed by atoms with E-state index >= 15 is 0 Å². The number of anilines is 1. The van der Waals surface area contributed by atoms with Crippen molar-refractivity contribution >= 4 is 33.4 Å². The molecule has 1 aromatic rings. The van der Waals surface area contributed by atoms with Gasteiger partial charge in [-0.25, -0.2) is 0 Å². The van der Waals surface area contributed by atoms with E-state index in [1.165, 1.54) is 6.07 Å². The highest BCUT2D eigenvalue weighted by molar-refractivity contribution is 7.87. The fourth-order valence-corrected chi connectivity index (χ4v) is 2.79. The van der Waals surface area contributed by atoms with Gasteiger partial charge < -0.3 is 5.32 Å². The van der Waals surface area contributed by atoms with Gasteiger partial charge in [0, 0.05) is 11.7 Å². The van der Waals surface area contributed by atoms with Gasteiger partial charge in [-0.2, -0.15) is 31.0 Å². The molecule has 0 radical (unpaired) electrons. The summed E-state index contributed by atoms with van der Waals surface area (Å²) in [7, 11) is -3.87. The number of nitrogens with one attached hydrogen (secondary N) is 3. The number of alkyl halides is 3. The molecule has 23 heavy (non-hydrogen) atoms. The molecule has 3 N–H and O–H groups in total. The topological polar surface area (TPSA) is 87.3 Å². The minimum atomic E-state index is -4.67. The minimum absolute atomic E-state index is 0.150. The van der Waals surface area contributed by atoms with Crippen LogP contribution in [-0.2, 0) is 21.2 Å². The Hall–Kier alpha value is -1.36. The Morgan fingerprint density at radius 1 is 1.30 bits per heavy atom. The van der Waals surface area contributed by atoms with Gasteiger partial charge in [-0.05, 0) is 32.0 Å². The number of carbonyl (C=O) groups is 1. The van der Waals surface area contributed by atoms with Crippen LogP contribution in [0.2, 0.25) is 5.02 Å². The second kappa shape index (κ2) is 7.47. The van der Waals surface area contributed by atoms with Gasteiger partial charge in [-0.15, -0.1) is 0 Å². The Kier molecular flexibility index (Phi) is 6.40. The fourth-order valence-electron chi connectivity index (χ4n) is 1.54. The van der Waals surface area contributed by atoms with Gasteiger partial charge in [0.15, 0.2) is 0 Å². The number of hydrogen-bond donors (Lipinski definition) is 3. The molecule has 0 bridgehead atoms. The van der Waals surface area contributed by atoms with Crippen molar-refractivity contribution in [1.29, 1.82) is 0 Å². The van der Waals surface area contributed by atoms with Gasteiger partial charge in [-0.1, -0.05) is 11.6 Å². The summed E-state index contributed by atoms with van der Waals surface area (Å²) in [5.74, 6) is -0.824.